The lowest BCUT2D eigenvalue weighted by Crippen LogP contribution is -2.48. The summed E-state index contributed by atoms with van der Waals surface area (Å²) in [6.07, 6.45) is 8.55. The first kappa shape index (κ1) is 33.7. The van der Waals surface area contributed by atoms with Crippen LogP contribution in [0.4, 0.5) is 17.1 Å². The molecule has 4 saturated carbocycles. The molecule has 4 fully saturated rings. The summed E-state index contributed by atoms with van der Waals surface area (Å²) in [5, 5.41) is 5.07. The molecule has 8 aromatic carbocycles. The van der Waals surface area contributed by atoms with Gasteiger partial charge in [-0.15, -0.1) is 0 Å². The zero-order valence-electron chi connectivity index (χ0n) is 32.8. The summed E-state index contributed by atoms with van der Waals surface area (Å²) in [6, 6.07) is 69.9. The van der Waals surface area contributed by atoms with E-state index in [0.29, 0.717) is 5.41 Å². The molecule has 0 spiro atoms. The molecule has 4 bridgehead atoms. The van der Waals surface area contributed by atoms with Crippen LogP contribution in [0.2, 0.25) is 0 Å². The molecule has 4 aliphatic carbocycles. The van der Waals surface area contributed by atoms with E-state index in [1.807, 2.05) is 0 Å². The third kappa shape index (κ3) is 5.46. The van der Waals surface area contributed by atoms with Crippen molar-refractivity contribution in [2.24, 2.45) is 17.8 Å². The lowest BCUT2D eigenvalue weighted by Gasteiger charge is -2.57. The Morgan fingerprint density at radius 1 is 0.431 bits per heavy atom. The molecule has 0 unspecified atom stereocenters. The molecule has 0 radical (unpaired) electrons. The van der Waals surface area contributed by atoms with Crippen molar-refractivity contribution in [3.63, 3.8) is 0 Å². The highest BCUT2D eigenvalue weighted by atomic mass is 15.1. The van der Waals surface area contributed by atoms with Gasteiger partial charge in [-0.1, -0.05) is 127 Å². The minimum Gasteiger partial charge on any atom is -0.310 e. The maximum atomic E-state index is 2.49. The summed E-state index contributed by atoms with van der Waals surface area (Å²) in [6.45, 7) is 0. The van der Waals surface area contributed by atoms with Crippen LogP contribution in [0, 0.1) is 17.8 Å². The topological polar surface area (TPSA) is 8.17 Å². The molecule has 4 aliphatic rings. The third-order valence-electron chi connectivity index (χ3n) is 14.1. The second-order valence-electron chi connectivity index (χ2n) is 17.6. The highest BCUT2D eigenvalue weighted by molar-refractivity contribution is 6.11. The number of hydrogen-bond donors (Lipinski definition) is 0. The fourth-order valence-electron chi connectivity index (χ4n) is 12.1. The van der Waals surface area contributed by atoms with E-state index >= 15 is 0 Å². The molecule has 0 saturated heterocycles. The molecule has 13 rings (SSSR count). The van der Waals surface area contributed by atoms with Crippen LogP contribution in [0.3, 0.4) is 0 Å². The van der Waals surface area contributed by atoms with Crippen LogP contribution in [0.15, 0.2) is 188 Å². The molecule has 1 heterocycles. The summed E-state index contributed by atoms with van der Waals surface area (Å²) in [5.41, 5.74) is 14.0. The quantitative estimate of drug-likeness (QED) is 0.158. The van der Waals surface area contributed by atoms with E-state index in [2.05, 4.69) is 198 Å². The van der Waals surface area contributed by atoms with Crippen LogP contribution in [0.5, 0.6) is 0 Å². The van der Waals surface area contributed by atoms with Crippen molar-refractivity contribution in [1.29, 1.82) is 0 Å². The molecule has 0 N–H and O–H groups in total. The number of para-hydroxylation sites is 2. The van der Waals surface area contributed by atoms with Crippen LogP contribution in [0.25, 0.3) is 60.5 Å². The zero-order chi connectivity index (χ0) is 38.2. The lowest BCUT2D eigenvalue weighted by molar-refractivity contribution is -0.00518. The summed E-state index contributed by atoms with van der Waals surface area (Å²) in [7, 11) is 0. The number of rotatable bonds is 7. The Morgan fingerprint density at radius 2 is 0.966 bits per heavy atom. The van der Waals surface area contributed by atoms with Crippen molar-refractivity contribution in [2.75, 3.05) is 4.90 Å². The van der Waals surface area contributed by atoms with Gasteiger partial charge in [0.05, 0.1) is 11.0 Å². The second-order valence-corrected chi connectivity index (χ2v) is 17.6. The molecule has 280 valence electrons. The summed E-state index contributed by atoms with van der Waals surface area (Å²) < 4.78 is 2.40. The van der Waals surface area contributed by atoms with E-state index in [9.17, 15) is 0 Å². The van der Waals surface area contributed by atoms with E-state index in [1.165, 1.54) is 105 Å². The fourth-order valence-corrected chi connectivity index (χ4v) is 12.1. The number of fused-ring (bicyclic) bond motifs is 4. The average molecular weight is 747 g/mol. The van der Waals surface area contributed by atoms with Crippen LogP contribution in [-0.2, 0) is 5.41 Å². The monoisotopic (exact) mass is 746 g/mol. The number of nitrogens with zero attached hydrogens (tertiary/aromatic N) is 2. The van der Waals surface area contributed by atoms with Gasteiger partial charge in [-0.3, -0.25) is 0 Å². The number of hydrogen-bond acceptors (Lipinski definition) is 1. The molecule has 58 heavy (non-hydrogen) atoms. The van der Waals surface area contributed by atoms with Gasteiger partial charge in [0.15, 0.2) is 0 Å². The smallest absolute Gasteiger partial charge is 0.0542 e. The van der Waals surface area contributed by atoms with E-state index in [0.717, 1.165) is 29.1 Å². The minimum atomic E-state index is 0.370. The van der Waals surface area contributed by atoms with Gasteiger partial charge in [-0.2, -0.15) is 0 Å². The van der Waals surface area contributed by atoms with Gasteiger partial charge >= 0.3 is 0 Å². The Kier molecular flexibility index (Phi) is 7.76. The normalized spacial score (nSPS) is 20.9. The van der Waals surface area contributed by atoms with Crippen LogP contribution >= 0.6 is 0 Å². The van der Waals surface area contributed by atoms with Gasteiger partial charge in [-0.05, 0) is 161 Å². The summed E-state index contributed by atoms with van der Waals surface area (Å²) in [4.78, 5) is 2.47. The van der Waals surface area contributed by atoms with Gasteiger partial charge < -0.3 is 9.47 Å². The summed E-state index contributed by atoms with van der Waals surface area (Å²) in [5.74, 6) is 2.78. The van der Waals surface area contributed by atoms with E-state index < -0.39 is 0 Å². The molecule has 0 amide bonds. The maximum absolute atomic E-state index is 2.49. The Bertz CT molecular complexity index is 2920. The standard InChI is InChI=1S/C56H46N2/c1-3-11-41(12-4-1)49-18-9-13-43-14-10-19-50(55(43)49)42-21-25-46(26-22-42)57(47-27-23-44(24-28-47)56-35-38-31-39(36-56)33-40(32-38)37-56)48-29-30-54-52(34-48)51-17-7-8-20-53(51)58(54)45-15-5-2-6-16-45/h1-30,34,38-40H,31-33,35-37H2. The van der Waals surface area contributed by atoms with Crippen molar-refractivity contribution in [2.45, 2.75) is 43.9 Å². The molecule has 2 nitrogen and oxygen atoms in total. The van der Waals surface area contributed by atoms with Crippen molar-refractivity contribution >= 4 is 49.6 Å². The predicted octanol–water partition coefficient (Wildman–Crippen LogP) is 15.2. The lowest BCUT2D eigenvalue weighted by atomic mass is 9.48. The van der Waals surface area contributed by atoms with Crippen LogP contribution < -0.4 is 4.90 Å². The SMILES string of the molecule is c1ccc(-c2cccc3cccc(-c4ccc(N(c5ccc(C67CC8CC(CC(C8)C6)C7)cc5)c5ccc6c(c5)c5ccccc5n6-c5ccccc5)cc4)c23)cc1. The first-order valence-corrected chi connectivity index (χ1v) is 21.3. The largest absolute Gasteiger partial charge is 0.310 e. The highest BCUT2D eigenvalue weighted by Gasteiger charge is 2.51. The van der Waals surface area contributed by atoms with Crippen molar-refractivity contribution in [3.05, 3.63) is 194 Å². The number of aromatic nitrogens is 1. The van der Waals surface area contributed by atoms with Crippen molar-refractivity contribution < 1.29 is 0 Å². The first-order valence-electron chi connectivity index (χ1n) is 21.3. The average Bonchev–Trinajstić information content (AvgIpc) is 3.60. The fraction of sp³-hybridized carbons (Fsp3) is 0.179. The van der Waals surface area contributed by atoms with Gasteiger partial charge in [-0.25, -0.2) is 0 Å². The molecular weight excluding hydrogens is 701 g/mol. The highest BCUT2D eigenvalue weighted by Crippen LogP contribution is 2.61. The van der Waals surface area contributed by atoms with E-state index in [4.69, 9.17) is 0 Å². The van der Waals surface area contributed by atoms with Crippen LogP contribution in [-0.4, -0.2) is 4.57 Å². The van der Waals surface area contributed by atoms with Crippen molar-refractivity contribution in [1.82, 2.24) is 4.57 Å². The molecule has 9 aromatic rings. The van der Waals surface area contributed by atoms with Crippen molar-refractivity contribution in [3.8, 4) is 27.9 Å². The first-order chi connectivity index (χ1) is 28.7. The van der Waals surface area contributed by atoms with Gasteiger partial charge in [0, 0.05) is 33.5 Å². The summed E-state index contributed by atoms with van der Waals surface area (Å²) >= 11 is 0. The Morgan fingerprint density at radius 3 is 1.62 bits per heavy atom. The van der Waals surface area contributed by atoms with Gasteiger partial charge in [0.1, 0.15) is 0 Å². The maximum Gasteiger partial charge on any atom is 0.0542 e. The Labute approximate surface area is 341 Å². The third-order valence-corrected chi connectivity index (χ3v) is 14.1. The predicted molar refractivity (Wildman–Crippen MR) is 244 cm³/mol. The van der Waals surface area contributed by atoms with E-state index in [1.54, 1.807) is 5.56 Å². The molecule has 1 aromatic heterocycles. The van der Waals surface area contributed by atoms with Gasteiger partial charge in [0.25, 0.3) is 0 Å². The van der Waals surface area contributed by atoms with E-state index in [-0.39, 0.29) is 0 Å². The molecule has 0 atom stereocenters. The van der Waals surface area contributed by atoms with Crippen LogP contribution in [0.1, 0.15) is 44.1 Å². The molecule has 2 heteroatoms. The van der Waals surface area contributed by atoms with Gasteiger partial charge in [0.2, 0.25) is 0 Å². The minimum absolute atomic E-state index is 0.370. The number of benzene rings is 8. The molecule has 0 aliphatic heterocycles. The second kappa shape index (κ2) is 13.4. The Balaban J connectivity index is 0.994. The zero-order valence-corrected chi connectivity index (χ0v) is 32.8. The Hall–Kier alpha value is -6.38. The molecular formula is C56H46N2. The number of anilines is 3.